The summed E-state index contributed by atoms with van der Waals surface area (Å²) in [6.07, 6.45) is 0. The molecular weight excluding hydrogens is 430 g/mol. The Morgan fingerprint density at radius 2 is 2.00 bits per heavy atom. The van der Waals surface area contributed by atoms with Gasteiger partial charge in [0, 0.05) is 31.5 Å². The van der Waals surface area contributed by atoms with E-state index in [1.807, 2.05) is 25.1 Å². The molecule has 1 aliphatic rings. The van der Waals surface area contributed by atoms with E-state index in [9.17, 15) is 9.59 Å². The van der Waals surface area contributed by atoms with Crippen molar-refractivity contribution in [1.29, 1.82) is 0 Å². The van der Waals surface area contributed by atoms with Crippen LogP contribution < -0.4 is 10.2 Å². The van der Waals surface area contributed by atoms with Gasteiger partial charge in [0.15, 0.2) is 0 Å². The Kier molecular flexibility index (Phi) is 6.51. The molecule has 0 radical (unpaired) electrons. The van der Waals surface area contributed by atoms with E-state index < -0.39 is 0 Å². The van der Waals surface area contributed by atoms with E-state index in [4.69, 9.17) is 4.74 Å². The third-order valence-electron chi connectivity index (χ3n) is 4.37. The Morgan fingerprint density at radius 1 is 1.26 bits per heavy atom. The van der Waals surface area contributed by atoms with E-state index >= 15 is 0 Å². The van der Waals surface area contributed by atoms with Crippen molar-refractivity contribution in [3.63, 3.8) is 0 Å². The van der Waals surface area contributed by atoms with E-state index in [1.54, 1.807) is 13.1 Å². The third kappa shape index (κ3) is 5.09. The maximum atomic E-state index is 12.4. The number of ether oxygens (including phenoxy) is 1. The summed E-state index contributed by atoms with van der Waals surface area (Å²) in [7, 11) is 1.63. The molecule has 27 heavy (non-hydrogen) atoms. The highest BCUT2D eigenvalue weighted by Gasteiger charge is 2.18. The average molecular weight is 452 g/mol. The number of likely N-dealkylation sites (N-methyl/N-ethyl adjacent to an activating group) is 1. The number of carbonyl (C=O) groups is 2. The number of anilines is 2. The Morgan fingerprint density at radius 3 is 2.63 bits per heavy atom. The summed E-state index contributed by atoms with van der Waals surface area (Å²) in [5.41, 5.74) is 2.88. The van der Waals surface area contributed by atoms with Crippen LogP contribution in [0.25, 0.3) is 0 Å². The molecule has 2 aromatic rings. The quantitative estimate of drug-likeness (QED) is 0.756. The van der Waals surface area contributed by atoms with Crippen LogP contribution in [0.15, 0.2) is 34.1 Å². The number of amides is 2. The molecule has 2 heterocycles. The number of hydrogen-bond acceptors (Lipinski definition) is 5. The Labute approximate surface area is 171 Å². The first kappa shape index (κ1) is 19.9. The maximum absolute atomic E-state index is 12.4. The molecule has 1 N–H and O–H groups in total. The second-order valence-electron chi connectivity index (χ2n) is 6.41. The number of benzene rings is 1. The molecule has 1 saturated heterocycles. The van der Waals surface area contributed by atoms with Gasteiger partial charge in [0.2, 0.25) is 5.91 Å². The highest BCUT2D eigenvalue weighted by atomic mass is 79.9. The minimum Gasteiger partial charge on any atom is -0.378 e. The summed E-state index contributed by atoms with van der Waals surface area (Å²) in [6.45, 7) is 5.18. The first-order valence-corrected chi connectivity index (χ1v) is 10.3. The van der Waals surface area contributed by atoms with E-state index in [2.05, 4.69) is 32.2 Å². The summed E-state index contributed by atoms with van der Waals surface area (Å²) in [4.78, 5) is 29.0. The highest BCUT2D eigenvalue weighted by molar-refractivity contribution is 9.11. The fraction of sp³-hybridized carbons (Fsp3) is 0.368. The van der Waals surface area contributed by atoms with Crippen LogP contribution in [0.5, 0.6) is 0 Å². The lowest BCUT2D eigenvalue weighted by atomic mass is 10.1. The largest absolute Gasteiger partial charge is 0.378 e. The zero-order chi connectivity index (χ0) is 19.4. The van der Waals surface area contributed by atoms with Crippen LogP contribution in [0.2, 0.25) is 0 Å². The van der Waals surface area contributed by atoms with E-state index in [0.717, 1.165) is 47.0 Å². The smallest absolute Gasteiger partial charge is 0.264 e. The van der Waals surface area contributed by atoms with Gasteiger partial charge >= 0.3 is 0 Å². The summed E-state index contributed by atoms with van der Waals surface area (Å²) < 4.78 is 6.27. The third-order valence-corrected chi connectivity index (χ3v) is 5.98. The Bertz CT molecular complexity index is 833. The van der Waals surface area contributed by atoms with Gasteiger partial charge in [-0.1, -0.05) is 0 Å². The van der Waals surface area contributed by atoms with E-state index in [-0.39, 0.29) is 18.4 Å². The maximum Gasteiger partial charge on any atom is 0.264 e. The van der Waals surface area contributed by atoms with Gasteiger partial charge in [0.1, 0.15) is 0 Å². The Balaban J connectivity index is 1.59. The number of nitrogens with one attached hydrogen (secondary N) is 1. The molecular formula is C19H22BrN3O3S. The second kappa shape index (κ2) is 8.86. The van der Waals surface area contributed by atoms with Crippen molar-refractivity contribution in [1.82, 2.24) is 4.90 Å². The molecule has 0 aliphatic carbocycles. The molecule has 0 spiro atoms. The van der Waals surface area contributed by atoms with Gasteiger partial charge in [-0.25, -0.2) is 0 Å². The van der Waals surface area contributed by atoms with Crippen LogP contribution in [-0.2, 0) is 9.53 Å². The van der Waals surface area contributed by atoms with Crippen LogP contribution in [0.1, 0.15) is 15.2 Å². The number of morpholine rings is 1. The van der Waals surface area contributed by atoms with Crippen molar-refractivity contribution in [3.8, 4) is 0 Å². The number of thiophene rings is 1. The highest BCUT2D eigenvalue weighted by Crippen LogP contribution is 2.24. The fourth-order valence-electron chi connectivity index (χ4n) is 2.90. The molecule has 1 aromatic heterocycles. The molecule has 6 nitrogen and oxygen atoms in total. The SMILES string of the molecule is Cc1cc(N2CCOCC2)ccc1NC(=O)CN(C)C(=O)c1ccc(Br)s1. The number of hydrogen-bond donors (Lipinski definition) is 1. The monoisotopic (exact) mass is 451 g/mol. The lowest BCUT2D eigenvalue weighted by molar-refractivity contribution is -0.116. The van der Waals surface area contributed by atoms with Crippen LogP contribution in [-0.4, -0.2) is 56.6 Å². The van der Waals surface area contributed by atoms with Crippen molar-refractivity contribution in [2.45, 2.75) is 6.92 Å². The van der Waals surface area contributed by atoms with E-state index in [1.165, 1.54) is 16.2 Å². The van der Waals surface area contributed by atoms with E-state index in [0.29, 0.717) is 4.88 Å². The van der Waals surface area contributed by atoms with Crippen LogP contribution in [0, 0.1) is 6.92 Å². The van der Waals surface area contributed by atoms with Crippen LogP contribution in [0.4, 0.5) is 11.4 Å². The fourth-order valence-corrected chi connectivity index (χ4v) is 4.28. The minimum absolute atomic E-state index is 0.000984. The first-order valence-electron chi connectivity index (χ1n) is 8.68. The normalized spacial score (nSPS) is 14.1. The summed E-state index contributed by atoms with van der Waals surface area (Å²) >= 11 is 4.70. The van der Waals surface area contributed by atoms with Gasteiger partial charge in [-0.15, -0.1) is 11.3 Å². The molecule has 1 aromatic carbocycles. The minimum atomic E-state index is -0.219. The van der Waals surface area contributed by atoms with Crippen molar-refractivity contribution in [2.24, 2.45) is 0 Å². The van der Waals surface area contributed by atoms with Gasteiger partial charge in [0.25, 0.3) is 5.91 Å². The molecule has 1 aliphatic heterocycles. The number of rotatable bonds is 5. The van der Waals surface area contributed by atoms with Gasteiger partial charge in [0.05, 0.1) is 28.4 Å². The molecule has 0 bridgehead atoms. The predicted octanol–water partition coefficient (Wildman–Crippen LogP) is 3.37. The van der Waals surface area contributed by atoms with Crippen molar-refractivity contribution in [2.75, 3.05) is 50.1 Å². The number of halogens is 1. The molecule has 8 heteroatoms. The van der Waals surface area contributed by atoms with Crippen molar-refractivity contribution >= 4 is 50.5 Å². The number of nitrogens with zero attached hydrogens (tertiary/aromatic N) is 2. The average Bonchev–Trinajstić information content (AvgIpc) is 3.09. The number of carbonyl (C=O) groups excluding carboxylic acids is 2. The molecule has 0 unspecified atom stereocenters. The molecule has 0 saturated carbocycles. The first-order chi connectivity index (χ1) is 12.9. The molecule has 3 rings (SSSR count). The Hall–Kier alpha value is -1.90. The standard InChI is InChI=1S/C19H22BrN3O3S/c1-13-11-14(23-7-9-26-10-8-23)3-4-15(13)21-18(24)12-22(2)19(25)16-5-6-17(20)27-16/h3-6,11H,7-10,12H2,1-2H3,(H,21,24). The van der Waals surface area contributed by atoms with Gasteiger partial charge in [-0.3, -0.25) is 9.59 Å². The summed E-state index contributed by atoms with van der Waals surface area (Å²) in [5, 5.41) is 2.90. The van der Waals surface area contributed by atoms with Gasteiger partial charge in [-0.2, -0.15) is 0 Å². The lowest BCUT2D eigenvalue weighted by Gasteiger charge is -2.29. The summed E-state index contributed by atoms with van der Waals surface area (Å²) in [6, 6.07) is 9.56. The lowest BCUT2D eigenvalue weighted by Crippen LogP contribution is -2.36. The second-order valence-corrected chi connectivity index (χ2v) is 8.87. The van der Waals surface area contributed by atoms with Crippen LogP contribution >= 0.6 is 27.3 Å². The number of aryl methyl sites for hydroxylation is 1. The molecule has 1 fully saturated rings. The predicted molar refractivity (Wildman–Crippen MR) is 112 cm³/mol. The molecule has 144 valence electrons. The van der Waals surface area contributed by atoms with Gasteiger partial charge < -0.3 is 19.9 Å². The zero-order valence-electron chi connectivity index (χ0n) is 15.3. The van der Waals surface area contributed by atoms with Crippen molar-refractivity contribution in [3.05, 3.63) is 44.6 Å². The molecule has 2 amide bonds. The molecule has 0 atom stereocenters. The summed E-state index contributed by atoms with van der Waals surface area (Å²) in [5.74, 6) is -0.385. The van der Waals surface area contributed by atoms with Crippen molar-refractivity contribution < 1.29 is 14.3 Å². The van der Waals surface area contributed by atoms with Crippen LogP contribution in [0.3, 0.4) is 0 Å². The van der Waals surface area contributed by atoms with Gasteiger partial charge in [-0.05, 0) is 58.7 Å². The topological polar surface area (TPSA) is 61.9 Å². The zero-order valence-corrected chi connectivity index (χ0v) is 17.7.